The highest BCUT2D eigenvalue weighted by atomic mass is 16.7. The Hall–Kier alpha value is -3.29. The Morgan fingerprint density at radius 2 is 1.94 bits per heavy atom. The van der Waals surface area contributed by atoms with Gasteiger partial charge in [-0.2, -0.15) is 0 Å². The molecule has 4 rings (SSSR count). The van der Waals surface area contributed by atoms with Gasteiger partial charge in [0.1, 0.15) is 22.5 Å². The van der Waals surface area contributed by atoms with E-state index in [1.54, 1.807) is 6.07 Å². The summed E-state index contributed by atoms with van der Waals surface area (Å²) < 4.78 is 16.1. The lowest BCUT2D eigenvalue weighted by Crippen LogP contribution is -2.18. The first kappa shape index (κ1) is 21.0. The van der Waals surface area contributed by atoms with Crippen LogP contribution in [0.15, 0.2) is 30.3 Å². The third kappa shape index (κ3) is 4.57. The van der Waals surface area contributed by atoms with Gasteiger partial charge < -0.3 is 19.3 Å². The molecule has 0 amide bonds. The Kier molecular flexibility index (Phi) is 6.25. The van der Waals surface area contributed by atoms with Gasteiger partial charge in [0, 0.05) is 18.6 Å². The van der Waals surface area contributed by atoms with Crippen molar-refractivity contribution in [3.8, 4) is 22.9 Å². The molecule has 2 heterocycles. The number of fused-ring (bicyclic) bond motifs is 2. The maximum atomic E-state index is 12.3. The van der Waals surface area contributed by atoms with Crippen LogP contribution in [0.2, 0.25) is 0 Å². The quantitative estimate of drug-likeness (QED) is 0.514. The van der Waals surface area contributed by atoms with Crippen LogP contribution in [0.25, 0.3) is 16.7 Å². The zero-order valence-electron chi connectivity index (χ0n) is 17.8. The van der Waals surface area contributed by atoms with E-state index in [2.05, 4.69) is 17.1 Å². The van der Waals surface area contributed by atoms with E-state index in [4.69, 9.17) is 14.2 Å². The molecular weight excluding hydrogens is 398 g/mol. The summed E-state index contributed by atoms with van der Waals surface area (Å²) in [5.41, 5.74) is 2.80. The van der Waals surface area contributed by atoms with Gasteiger partial charge in [-0.25, -0.2) is 0 Å². The summed E-state index contributed by atoms with van der Waals surface area (Å²) in [7, 11) is 0. The first-order valence-corrected chi connectivity index (χ1v) is 10.7. The summed E-state index contributed by atoms with van der Waals surface area (Å²) in [5, 5.41) is 19.2. The molecule has 8 nitrogen and oxygen atoms in total. The number of phenolic OH excluding ortho intramolecular Hbond substituents is 1. The van der Waals surface area contributed by atoms with Gasteiger partial charge >= 0.3 is 5.97 Å². The molecule has 3 aromatic rings. The van der Waals surface area contributed by atoms with E-state index >= 15 is 0 Å². The lowest BCUT2D eigenvalue weighted by atomic mass is 10.00. The molecule has 0 saturated heterocycles. The van der Waals surface area contributed by atoms with Gasteiger partial charge in [-0.1, -0.05) is 32.8 Å². The monoisotopic (exact) mass is 425 g/mol. The van der Waals surface area contributed by atoms with E-state index in [0.29, 0.717) is 41.2 Å². The van der Waals surface area contributed by atoms with Gasteiger partial charge in [0.05, 0.1) is 12.5 Å². The average molecular weight is 425 g/mol. The Bertz CT molecular complexity index is 1080. The predicted octanol–water partition coefficient (Wildman–Crippen LogP) is 4.16. The second-order valence-corrected chi connectivity index (χ2v) is 7.67. The van der Waals surface area contributed by atoms with Gasteiger partial charge in [-0.3, -0.25) is 4.79 Å². The van der Waals surface area contributed by atoms with Crippen LogP contribution in [0.4, 0.5) is 0 Å². The van der Waals surface area contributed by atoms with Crippen molar-refractivity contribution in [3.63, 3.8) is 0 Å². The van der Waals surface area contributed by atoms with Crippen LogP contribution in [0.1, 0.15) is 45.1 Å². The Morgan fingerprint density at radius 3 is 2.71 bits per heavy atom. The lowest BCUT2D eigenvalue weighted by Gasteiger charge is -2.13. The van der Waals surface area contributed by atoms with E-state index in [1.807, 2.05) is 25.1 Å². The molecule has 0 radical (unpaired) electrons. The number of carbonyl (C=O) groups is 1. The van der Waals surface area contributed by atoms with Crippen molar-refractivity contribution in [3.05, 3.63) is 35.9 Å². The van der Waals surface area contributed by atoms with Crippen molar-refractivity contribution in [1.82, 2.24) is 15.0 Å². The largest absolute Gasteiger partial charge is 0.505 e. The fourth-order valence-electron chi connectivity index (χ4n) is 3.63. The number of carbonyl (C=O) groups excluding carboxylic acids is 1. The molecule has 164 valence electrons. The average Bonchev–Trinajstić information content (AvgIpc) is 3.39. The molecule has 1 aromatic heterocycles. The topological polar surface area (TPSA) is 95.7 Å². The fourth-order valence-corrected chi connectivity index (χ4v) is 3.63. The van der Waals surface area contributed by atoms with Crippen LogP contribution < -0.4 is 9.47 Å². The molecule has 1 aliphatic rings. The number of aromatic hydroxyl groups is 1. The molecule has 1 aliphatic heterocycles. The van der Waals surface area contributed by atoms with Gasteiger partial charge in [0.15, 0.2) is 11.5 Å². The molecule has 1 atom stereocenters. The second kappa shape index (κ2) is 9.24. The van der Waals surface area contributed by atoms with Crippen LogP contribution in [0, 0.1) is 5.92 Å². The number of nitrogens with zero attached hydrogens (tertiary/aromatic N) is 3. The number of esters is 1. The number of benzene rings is 2. The van der Waals surface area contributed by atoms with Crippen LogP contribution >= 0.6 is 0 Å². The van der Waals surface area contributed by atoms with Crippen LogP contribution in [-0.4, -0.2) is 39.5 Å². The molecular formula is C23H27N3O5. The standard InChI is InChI=1S/C23H27N3O5/c1-3-5-6-16(4-2)23(28)29-10-9-15-7-8-17-18(11-15)25-26(24-17)19-12-21-22(13-20(19)27)31-14-30-21/h7-8,11-13,16,27H,3-6,9-10,14H2,1-2H3. The zero-order chi connectivity index (χ0) is 21.8. The van der Waals surface area contributed by atoms with Crippen molar-refractivity contribution in [1.29, 1.82) is 0 Å². The predicted molar refractivity (Wildman–Crippen MR) is 115 cm³/mol. The van der Waals surface area contributed by atoms with Crippen molar-refractivity contribution < 1.29 is 24.1 Å². The fraction of sp³-hybridized carbons (Fsp3) is 0.435. The number of hydrogen-bond acceptors (Lipinski definition) is 7. The molecule has 0 bridgehead atoms. The third-order valence-electron chi connectivity index (χ3n) is 5.50. The molecule has 0 fully saturated rings. The third-order valence-corrected chi connectivity index (χ3v) is 5.50. The van der Waals surface area contributed by atoms with E-state index in [0.717, 1.165) is 31.2 Å². The molecule has 0 aliphatic carbocycles. The highest BCUT2D eigenvalue weighted by molar-refractivity contribution is 5.75. The number of aromatic nitrogens is 3. The summed E-state index contributed by atoms with van der Waals surface area (Å²) in [6.07, 6.45) is 4.41. The molecule has 8 heteroatoms. The highest BCUT2D eigenvalue weighted by Crippen LogP contribution is 2.39. The Balaban J connectivity index is 1.43. The van der Waals surface area contributed by atoms with E-state index in [9.17, 15) is 9.90 Å². The maximum absolute atomic E-state index is 12.3. The number of hydrogen-bond donors (Lipinski definition) is 1. The molecule has 1 unspecified atom stereocenters. The van der Waals surface area contributed by atoms with Crippen LogP contribution in [0.5, 0.6) is 17.2 Å². The summed E-state index contributed by atoms with van der Waals surface area (Å²) in [5.74, 6) is 0.916. The molecule has 31 heavy (non-hydrogen) atoms. The maximum Gasteiger partial charge on any atom is 0.308 e. The number of rotatable bonds is 9. The lowest BCUT2D eigenvalue weighted by molar-refractivity contribution is -0.148. The SMILES string of the molecule is CCCCC(CC)C(=O)OCCc1ccc2nn(-c3cc4c(cc3O)OCO4)nc2c1. The first-order chi connectivity index (χ1) is 15.1. The molecule has 2 aromatic carbocycles. The van der Waals surface area contributed by atoms with Crippen molar-refractivity contribution >= 4 is 17.0 Å². The Morgan fingerprint density at radius 1 is 1.16 bits per heavy atom. The van der Waals surface area contributed by atoms with Crippen molar-refractivity contribution in [2.75, 3.05) is 13.4 Å². The van der Waals surface area contributed by atoms with E-state index < -0.39 is 0 Å². The minimum atomic E-state index is -0.110. The van der Waals surface area contributed by atoms with E-state index in [-0.39, 0.29) is 24.4 Å². The summed E-state index contributed by atoms with van der Waals surface area (Å²) >= 11 is 0. The van der Waals surface area contributed by atoms with Crippen molar-refractivity contribution in [2.24, 2.45) is 5.92 Å². The van der Waals surface area contributed by atoms with Gasteiger partial charge in [0.2, 0.25) is 6.79 Å². The minimum absolute atomic E-state index is 0.00485. The molecule has 0 spiro atoms. The number of ether oxygens (including phenoxy) is 3. The summed E-state index contributed by atoms with van der Waals surface area (Å²) in [6.45, 7) is 4.61. The zero-order valence-corrected chi connectivity index (χ0v) is 17.8. The molecule has 0 saturated carbocycles. The Labute approximate surface area is 180 Å². The van der Waals surface area contributed by atoms with E-state index in [1.165, 1.54) is 10.9 Å². The normalized spacial score (nSPS) is 13.5. The number of phenols is 1. The summed E-state index contributed by atoms with van der Waals surface area (Å²) in [6, 6.07) is 8.89. The van der Waals surface area contributed by atoms with Crippen molar-refractivity contribution in [2.45, 2.75) is 46.0 Å². The van der Waals surface area contributed by atoms with Gasteiger partial charge in [-0.15, -0.1) is 15.0 Å². The van der Waals surface area contributed by atoms with Crippen LogP contribution in [-0.2, 0) is 16.0 Å². The second-order valence-electron chi connectivity index (χ2n) is 7.67. The minimum Gasteiger partial charge on any atom is -0.505 e. The summed E-state index contributed by atoms with van der Waals surface area (Å²) in [4.78, 5) is 13.6. The first-order valence-electron chi connectivity index (χ1n) is 10.7. The molecule has 1 N–H and O–H groups in total. The van der Waals surface area contributed by atoms with Gasteiger partial charge in [0.25, 0.3) is 0 Å². The van der Waals surface area contributed by atoms with Crippen LogP contribution in [0.3, 0.4) is 0 Å². The van der Waals surface area contributed by atoms with Gasteiger partial charge in [-0.05, 0) is 30.5 Å². The smallest absolute Gasteiger partial charge is 0.308 e. The number of unbranched alkanes of at least 4 members (excludes halogenated alkanes) is 1. The highest BCUT2D eigenvalue weighted by Gasteiger charge is 2.20.